The van der Waals surface area contributed by atoms with Gasteiger partial charge in [0.05, 0.1) is 23.9 Å². The van der Waals surface area contributed by atoms with Crippen LogP contribution in [0.15, 0.2) is 59.3 Å². The van der Waals surface area contributed by atoms with Gasteiger partial charge in [-0.25, -0.2) is 18.2 Å². The van der Waals surface area contributed by atoms with Crippen LogP contribution in [0.4, 0.5) is 4.79 Å². The summed E-state index contributed by atoms with van der Waals surface area (Å²) in [6, 6.07) is 9.36. The number of para-hydroxylation sites is 1. The van der Waals surface area contributed by atoms with Crippen molar-refractivity contribution in [2.75, 3.05) is 32.7 Å². The van der Waals surface area contributed by atoms with Crippen LogP contribution >= 0.6 is 22.9 Å². The Morgan fingerprint density at radius 1 is 1.02 bits per heavy atom. The van der Waals surface area contributed by atoms with Gasteiger partial charge in [-0.2, -0.15) is 4.31 Å². The van der Waals surface area contributed by atoms with E-state index >= 15 is 0 Å². The Labute approximate surface area is 302 Å². The molecule has 1 aromatic carbocycles. The van der Waals surface area contributed by atoms with Gasteiger partial charge in [-0.1, -0.05) is 49.1 Å². The summed E-state index contributed by atoms with van der Waals surface area (Å²) >= 11 is 7.83. The topological polar surface area (TPSA) is 134 Å². The summed E-state index contributed by atoms with van der Waals surface area (Å²) in [7, 11) is -2.03. The van der Waals surface area contributed by atoms with E-state index in [0.29, 0.717) is 24.3 Å². The Bertz CT molecular complexity index is 1740. The second-order valence-electron chi connectivity index (χ2n) is 13.4. The molecule has 1 N–H and O–H groups in total. The van der Waals surface area contributed by atoms with Gasteiger partial charge >= 0.3 is 6.09 Å². The molecule has 0 unspecified atom stereocenters. The molecule has 2 aromatic heterocycles. The smallest absolute Gasteiger partial charge is 0.409 e. The lowest BCUT2D eigenvalue weighted by Gasteiger charge is -2.44. The largest absolute Gasteiger partial charge is 0.415 e. The number of aromatic nitrogens is 2. The number of amides is 2. The van der Waals surface area contributed by atoms with Crippen LogP contribution in [0.25, 0.3) is 0 Å². The zero-order valence-corrected chi connectivity index (χ0v) is 30.7. The molecular formula is C35H45ClN6O6S2. The van der Waals surface area contributed by atoms with Crippen LogP contribution < -0.4 is 10.1 Å². The van der Waals surface area contributed by atoms with E-state index in [0.717, 1.165) is 37.0 Å². The predicted octanol–water partition coefficient (Wildman–Crippen LogP) is 4.74. The molecule has 12 nitrogen and oxygen atoms in total. The van der Waals surface area contributed by atoms with E-state index in [1.54, 1.807) is 52.1 Å². The minimum atomic E-state index is -3.76. The van der Waals surface area contributed by atoms with Crippen molar-refractivity contribution in [3.05, 3.63) is 64.2 Å². The molecule has 6 rings (SSSR count). The zero-order valence-electron chi connectivity index (χ0n) is 28.3. The van der Waals surface area contributed by atoms with Crippen LogP contribution in [0.2, 0.25) is 5.02 Å². The third-order valence-corrected chi connectivity index (χ3v) is 13.1. The number of piperazine rings is 1. The van der Waals surface area contributed by atoms with Crippen LogP contribution in [-0.4, -0.2) is 101 Å². The SMILES string of the molecule is Cn1cnc(S(=O)(=O)N2CCC([C@@H](NC3CCCCC3)C(=O)N3CCN(C(=O)Oc4ccccc4Cl)C[C@H]3C(=O)CCc3cccs3)CC2)c1. The number of ketones is 1. The van der Waals surface area contributed by atoms with Crippen molar-refractivity contribution in [2.45, 2.75) is 80.9 Å². The number of hydrogen-bond acceptors (Lipinski definition) is 9. The normalized spacial score (nSPS) is 20.5. The third kappa shape index (κ3) is 8.59. The summed E-state index contributed by atoms with van der Waals surface area (Å²) < 4.78 is 35.3. The van der Waals surface area contributed by atoms with Crippen molar-refractivity contribution in [3.63, 3.8) is 0 Å². The molecule has 2 saturated heterocycles. The Balaban J connectivity index is 1.21. The van der Waals surface area contributed by atoms with Gasteiger partial charge < -0.3 is 24.4 Å². The molecule has 3 aliphatic rings. The number of aryl methyl sites for hydroxylation is 2. The van der Waals surface area contributed by atoms with Gasteiger partial charge in [0.15, 0.2) is 16.6 Å². The lowest BCUT2D eigenvalue weighted by atomic mass is 9.86. The Kier molecular flexibility index (Phi) is 11.9. The monoisotopic (exact) mass is 744 g/mol. The summed E-state index contributed by atoms with van der Waals surface area (Å²) in [4.78, 5) is 50.3. The molecular weight excluding hydrogens is 700 g/mol. The fraction of sp³-hybridized carbons (Fsp3) is 0.543. The Hall–Kier alpha value is -3.30. The average molecular weight is 745 g/mol. The van der Waals surface area contributed by atoms with E-state index in [9.17, 15) is 22.8 Å². The number of Topliss-reactive ketones (excluding diaryl/α,β-unsaturated/α-hetero) is 1. The molecule has 3 fully saturated rings. The molecule has 2 atom stereocenters. The fourth-order valence-corrected chi connectivity index (χ4v) is 9.58. The van der Waals surface area contributed by atoms with Gasteiger partial charge in [-0.05, 0) is 61.6 Å². The summed E-state index contributed by atoms with van der Waals surface area (Å²) in [5, 5.41) is 5.98. The zero-order chi connectivity index (χ0) is 35.3. The first kappa shape index (κ1) is 36.5. The van der Waals surface area contributed by atoms with Crippen LogP contribution in [0.3, 0.4) is 0 Å². The van der Waals surface area contributed by atoms with Crippen LogP contribution in [0.5, 0.6) is 5.75 Å². The number of nitrogens with one attached hydrogen (secondary N) is 1. The summed E-state index contributed by atoms with van der Waals surface area (Å²) in [6.07, 6.45) is 9.33. The number of halogens is 1. The molecule has 270 valence electrons. The molecule has 50 heavy (non-hydrogen) atoms. The highest BCUT2D eigenvalue weighted by Gasteiger charge is 2.43. The number of nitrogens with zero attached hydrogens (tertiary/aromatic N) is 5. The van der Waals surface area contributed by atoms with E-state index in [1.807, 2.05) is 17.5 Å². The number of benzene rings is 1. The van der Waals surface area contributed by atoms with Gasteiger partial charge in [0.2, 0.25) is 5.91 Å². The highest BCUT2D eigenvalue weighted by Crippen LogP contribution is 2.30. The van der Waals surface area contributed by atoms with Crippen molar-refractivity contribution in [1.29, 1.82) is 0 Å². The molecule has 0 spiro atoms. The Morgan fingerprint density at radius 3 is 2.46 bits per heavy atom. The van der Waals surface area contributed by atoms with Gasteiger partial charge in [0.1, 0.15) is 6.04 Å². The molecule has 2 aliphatic heterocycles. The number of carbonyl (C=O) groups is 3. The predicted molar refractivity (Wildman–Crippen MR) is 191 cm³/mol. The first-order valence-electron chi connectivity index (χ1n) is 17.4. The number of sulfonamides is 1. The van der Waals surface area contributed by atoms with E-state index in [1.165, 1.54) is 21.7 Å². The van der Waals surface area contributed by atoms with Gasteiger partial charge in [-0.15, -0.1) is 11.3 Å². The van der Waals surface area contributed by atoms with E-state index in [4.69, 9.17) is 16.3 Å². The summed E-state index contributed by atoms with van der Waals surface area (Å²) in [5.41, 5.74) is 0. The number of rotatable bonds is 11. The molecule has 1 saturated carbocycles. The Morgan fingerprint density at radius 2 is 1.78 bits per heavy atom. The lowest BCUT2D eigenvalue weighted by Crippen LogP contribution is -2.64. The molecule has 3 aromatic rings. The lowest BCUT2D eigenvalue weighted by molar-refractivity contribution is -0.146. The number of carbonyl (C=O) groups excluding carboxylic acids is 3. The average Bonchev–Trinajstić information content (AvgIpc) is 3.83. The van der Waals surface area contributed by atoms with Crippen molar-refractivity contribution >= 4 is 50.7 Å². The van der Waals surface area contributed by atoms with Crippen LogP contribution in [0.1, 0.15) is 56.2 Å². The molecule has 1 aliphatic carbocycles. The third-order valence-electron chi connectivity index (χ3n) is 10.1. The molecule has 0 radical (unpaired) electrons. The maximum Gasteiger partial charge on any atom is 0.415 e. The maximum absolute atomic E-state index is 14.8. The van der Waals surface area contributed by atoms with Crippen LogP contribution in [-0.2, 0) is 33.1 Å². The van der Waals surface area contributed by atoms with Crippen molar-refractivity contribution < 1.29 is 27.5 Å². The van der Waals surface area contributed by atoms with E-state index in [-0.39, 0.29) is 73.6 Å². The number of hydrogen-bond donors (Lipinski definition) is 1. The highest BCUT2D eigenvalue weighted by molar-refractivity contribution is 7.89. The van der Waals surface area contributed by atoms with E-state index in [2.05, 4.69) is 10.3 Å². The molecule has 15 heteroatoms. The van der Waals surface area contributed by atoms with Crippen molar-refractivity contribution in [1.82, 2.24) is 29.0 Å². The first-order chi connectivity index (χ1) is 24.1. The molecule has 4 heterocycles. The standard InChI is InChI=1S/C35H45ClN6O6S2/c1-39-23-32(37-24-39)50(46,47)41-17-15-25(16-18-41)33(38-26-8-3-2-4-9-26)34(44)42-20-19-40(35(45)48-31-12-6-5-11-28(31)36)22-29(42)30(43)14-13-27-10-7-21-49-27/h5-7,10-12,21,23-26,29,33,38H,2-4,8-9,13-20,22H2,1H3/t29-,33+/m0/s1. The molecule has 2 amide bonds. The molecule has 0 bridgehead atoms. The summed E-state index contributed by atoms with van der Waals surface area (Å²) in [6.45, 7) is 0.909. The van der Waals surface area contributed by atoms with Gasteiger partial charge in [0, 0.05) is 56.8 Å². The van der Waals surface area contributed by atoms with E-state index < -0.39 is 28.2 Å². The number of thiophene rings is 1. The van der Waals surface area contributed by atoms with Crippen molar-refractivity contribution in [2.24, 2.45) is 13.0 Å². The number of imidazole rings is 1. The maximum atomic E-state index is 14.8. The minimum absolute atomic E-state index is 0.00914. The second-order valence-corrected chi connectivity index (χ2v) is 16.8. The highest BCUT2D eigenvalue weighted by atomic mass is 35.5. The van der Waals surface area contributed by atoms with Crippen molar-refractivity contribution in [3.8, 4) is 5.75 Å². The quantitative estimate of drug-likeness (QED) is 0.298. The number of ether oxygens (including phenoxy) is 1. The van der Waals surface area contributed by atoms with Crippen LogP contribution in [0, 0.1) is 5.92 Å². The first-order valence-corrected chi connectivity index (χ1v) is 20.1. The summed E-state index contributed by atoms with van der Waals surface area (Å²) in [5.74, 6) is -0.194. The fourth-order valence-electron chi connectivity index (χ4n) is 7.26. The minimum Gasteiger partial charge on any atom is -0.409 e. The second kappa shape index (κ2) is 16.4. The van der Waals surface area contributed by atoms with Gasteiger partial charge in [0.25, 0.3) is 10.0 Å². The van der Waals surface area contributed by atoms with Gasteiger partial charge in [-0.3, -0.25) is 9.59 Å². The number of piperidine rings is 1.